The molecule has 0 amide bonds. The van der Waals surface area contributed by atoms with Crippen LogP contribution in [-0.4, -0.2) is 11.7 Å². The minimum atomic E-state index is 0.0458. The predicted molar refractivity (Wildman–Crippen MR) is 57.2 cm³/mol. The second-order valence-corrected chi connectivity index (χ2v) is 3.72. The molecule has 0 radical (unpaired) electrons. The highest BCUT2D eigenvalue weighted by Crippen LogP contribution is 2.20. The Balaban J connectivity index is 3.02. The van der Waals surface area contributed by atoms with E-state index in [-0.39, 0.29) is 6.61 Å². The van der Waals surface area contributed by atoms with Gasteiger partial charge in [0, 0.05) is 10.0 Å². The fourth-order valence-corrected chi connectivity index (χ4v) is 1.53. The van der Waals surface area contributed by atoms with Crippen LogP contribution in [0.4, 0.5) is 0 Å². The molecule has 1 N–H and O–H groups in total. The number of hydrogen-bond acceptors (Lipinski definition) is 1. The van der Waals surface area contributed by atoms with E-state index in [4.69, 9.17) is 28.3 Å². The summed E-state index contributed by atoms with van der Waals surface area (Å²) in [7, 11) is 0. The van der Waals surface area contributed by atoms with E-state index in [0.717, 1.165) is 11.1 Å². The third kappa shape index (κ3) is 3.39. The quantitative estimate of drug-likeness (QED) is 0.804. The third-order valence-corrected chi connectivity index (χ3v) is 1.98. The summed E-state index contributed by atoms with van der Waals surface area (Å²) in [4.78, 5) is 0. The van der Waals surface area contributed by atoms with Gasteiger partial charge < -0.3 is 5.11 Å². The third-order valence-electron chi connectivity index (χ3n) is 1.55. The van der Waals surface area contributed by atoms with Crippen LogP contribution in [0.15, 0.2) is 23.8 Å². The molecule has 70 valence electrons. The van der Waals surface area contributed by atoms with E-state index in [2.05, 4.69) is 0 Å². The van der Waals surface area contributed by atoms with Crippen LogP contribution in [0.3, 0.4) is 0 Å². The summed E-state index contributed by atoms with van der Waals surface area (Å²) in [5.74, 6) is 0. The zero-order valence-electron chi connectivity index (χ0n) is 7.22. The van der Waals surface area contributed by atoms with E-state index in [9.17, 15) is 0 Å². The lowest BCUT2D eigenvalue weighted by molar-refractivity contribution is 0.332. The highest BCUT2D eigenvalue weighted by atomic mass is 35.5. The first-order valence-corrected chi connectivity index (χ1v) is 4.61. The molecule has 0 aromatic heterocycles. The molecule has 0 aliphatic heterocycles. The summed E-state index contributed by atoms with van der Waals surface area (Å²) in [5, 5.41) is 10.0. The molecular formula is C10H10Cl2O. The van der Waals surface area contributed by atoms with Crippen LogP contribution in [0.5, 0.6) is 0 Å². The summed E-state index contributed by atoms with van der Waals surface area (Å²) < 4.78 is 0. The van der Waals surface area contributed by atoms with E-state index in [1.54, 1.807) is 18.2 Å². The smallest absolute Gasteiger partial charge is 0.0642 e. The lowest BCUT2D eigenvalue weighted by Crippen LogP contribution is -1.83. The first-order chi connectivity index (χ1) is 6.11. The van der Waals surface area contributed by atoms with Crippen LogP contribution in [0.1, 0.15) is 12.5 Å². The average molecular weight is 217 g/mol. The topological polar surface area (TPSA) is 20.2 Å². The van der Waals surface area contributed by atoms with Gasteiger partial charge in [-0.05, 0) is 36.3 Å². The first-order valence-electron chi connectivity index (χ1n) is 3.86. The van der Waals surface area contributed by atoms with Gasteiger partial charge in [-0.15, -0.1) is 0 Å². The summed E-state index contributed by atoms with van der Waals surface area (Å²) in [6.45, 7) is 1.89. The first kappa shape index (κ1) is 10.6. The molecule has 0 fully saturated rings. The van der Waals surface area contributed by atoms with Gasteiger partial charge in [0.15, 0.2) is 0 Å². The number of hydrogen-bond donors (Lipinski definition) is 1. The Morgan fingerprint density at radius 3 is 2.31 bits per heavy atom. The monoisotopic (exact) mass is 216 g/mol. The van der Waals surface area contributed by atoms with Crippen LogP contribution in [0, 0.1) is 0 Å². The predicted octanol–water partition coefficient (Wildman–Crippen LogP) is 3.39. The Morgan fingerprint density at radius 2 is 1.85 bits per heavy atom. The molecule has 0 saturated heterocycles. The highest BCUT2D eigenvalue weighted by Gasteiger charge is 1.95. The molecule has 0 aliphatic rings. The fraction of sp³-hybridized carbons (Fsp3) is 0.200. The van der Waals surface area contributed by atoms with Gasteiger partial charge in [0.05, 0.1) is 6.61 Å². The molecule has 1 aromatic rings. The molecule has 0 bridgehead atoms. The molecule has 0 atom stereocenters. The van der Waals surface area contributed by atoms with Crippen molar-refractivity contribution in [1.82, 2.24) is 0 Å². The van der Waals surface area contributed by atoms with Gasteiger partial charge in [-0.1, -0.05) is 29.3 Å². The fourth-order valence-electron chi connectivity index (χ4n) is 0.989. The lowest BCUT2D eigenvalue weighted by Gasteiger charge is -1.99. The number of rotatable bonds is 2. The van der Waals surface area contributed by atoms with Gasteiger partial charge in [-0.25, -0.2) is 0 Å². The van der Waals surface area contributed by atoms with E-state index in [1.807, 2.05) is 13.0 Å². The molecular weight excluding hydrogens is 207 g/mol. The molecule has 13 heavy (non-hydrogen) atoms. The number of benzene rings is 1. The molecule has 0 unspecified atom stereocenters. The van der Waals surface area contributed by atoms with Crippen molar-refractivity contribution in [2.75, 3.05) is 6.61 Å². The SMILES string of the molecule is CC(=Cc1cc(Cl)cc(Cl)c1)CO. The number of aliphatic hydroxyl groups is 1. The Bertz CT molecular complexity index is 311. The van der Waals surface area contributed by atoms with Gasteiger partial charge in [-0.3, -0.25) is 0 Å². The van der Waals surface area contributed by atoms with Gasteiger partial charge in [0.1, 0.15) is 0 Å². The van der Waals surface area contributed by atoms with E-state index >= 15 is 0 Å². The number of aliphatic hydroxyl groups excluding tert-OH is 1. The molecule has 0 saturated carbocycles. The Kier molecular flexibility index (Phi) is 3.79. The Labute approximate surface area is 87.6 Å². The minimum Gasteiger partial charge on any atom is -0.392 e. The second-order valence-electron chi connectivity index (χ2n) is 2.85. The van der Waals surface area contributed by atoms with Crippen LogP contribution < -0.4 is 0 Å². The Morgan fingerprint density at radius 1 is 1.31 bits per heavy atom. The van der Waals surface area contributed by atoms with Crippen molar-refractivity contribution >= 4 is 29.3 Å². The maximum Gasteiger partial charge on any atom is 0.0642 e. The zero-order chi connectivity index (χ0) is 9.84. The molecule has 1 nitrogen and oxygen atoms in total. The van der Waals surface area contributed by atoms with Crippen molar-refractivity contribution < 1.29 is 5.11 Å². The second kappa shape index (κ2) is 4.66. The van der Waals surface area contributed by atoms with Gasteiger partial charge in [0.2, 0.25) is 0 Å². The largest absolute Gasteiger partial charge is 0.392 e. The Hall–Kier alpha value is -0.500. The van der Waals surface area contributed by atoms with Crippen molar-refractivity contribution in [3.63, 3.8) is 0 Å². The average Bonchev–Trinajstić information content (AvgIpc) is 2.02. The van der Waals surface area contributed by atoms with Crippen LogP contribution in [-0.2, 0) is 0 Å². The van der Waals surface area contributed by atoms with Crippen molar-refractivity contribution in [3.8, 4) is 0 Å². The summed E-state index contributed by atoms with van der Waals surface area (Å²) in [5.41, 5.74) is 1.78. The van der Waals surface area contributed by atoms with Crippen molar-refractivity contribution in [1.29, 1.82) is 0 Å². The van der Waals surface area contributed by atoms with Gasteiger partial charge >= 0.3 is 0 Å². The molecule has 1 rings (SSSR count). The molecule has 1 aromatic carbocycles. The van der Waals surface area contributed by atoms with Gasteiger partial charge in [-0.2, -0.15) is 0 Å². The van der Waals surface area contributed by atoms with Crippen molar-refractivity contribution in [2.45, 2.75) is 6.92 Å². The van der Waals surface area contributed by atoms with E-state index in [1.165, 1.54) is 0 Å². The van der Waals surface area contributed by atoms with Crippen LogP contribution in [0.2, 0.25) is 10.0 Å². The van der Waals surface area contributed by atoms with Crippen LogP contribution >= 0.6 is 23.2 Å². The minimum absolute atomic E-state index is 0.0458. The van der Waals surface area contributed by atoms with Crippen LogP contribution in [0.25, 0.3) is 6.08 Å². The summed E-state index contributed by atoms with van der Waals surface area (Å²) in [6.07, 6.45) is 1.84. The number of halogens is 2. The highest BCUT2D eigenvalue weighted by molar-refractivity contribution is 6.34. The maximum absolute atomic E-state index is 8.80. The van der Waals surface area contributed by atoms with E-state index in [0.29, 0.717) is 10.0 Å². The summed E-state index contributed by atoms with van der Waals surface area (Å²) >= 11 is 11.6. The molecule has 0 aliphatic carbocycles. The van der Waals surface area contributed by atoms with Gasteiger partial charge in [0.25, 0.3) is 0 Å². The summed E-state index contributed by atoms with van der Waals surface area (Å²) in [6, 6.07) is 5.27. The lowest BCUT2D eigenvalue weighted by atomic mass is 10.1. The maximum atomic E-state index is 8.80. The molecule has 0 heterocycles. The standard InChI is InChI=1S/C10H10Cl2O/c1-7(6-13)2-8-3-9(11)5-10(12)4-8/h2-5,13H,6H2,1H3. The molecule has 3 heteroatoms. The normalized spacial score (nSPS) is 11.8. The van der Waals surface area contributed by atoms with E-state index < -0.39 is 0 Å². The van der Waals surface area contributed by atoms with Crippen molar-refractivity contribution in [2.24, 2.45) is 0 Å². The van der Waals surface area contributed by atoms with Crippen molar-refractivity contribution in [3.05, 3.63) is 39.4 Å². The molecule has 0 spiro atoms. The zero-order valence-corrected chi connectivity index (χ0v) is 8.73.